The molecule has 1 fully saturated rings. The lowest BCUT2D eigenvalue weighted by Crippen LogP contribution is -2.22. The van der Waals surface area contributed by atoms with Gasteiger partial charge in [-0.25, -0.2) is 0 Å². The van der Waals surface area contributed by atoms with E-state index in [1.165, 1.54) is 19.3 Å². The smallest absolute Gasteiger partial charge is 0.139 e. The lowest BCUT2D eigenvalue weighted by Gasteiger charge is -2.27. The first-order valence-corrected chi connectivity index (χ1v) is 6.36. The van der Waals surface area contributed by atoms with Gasteiger partial charge in [-0.2, -0.15) is 0 Å². The number of allylic oxidation sites excluding steroid dienone is 1. The zero-order chi connectivity index (χ0) is 11.3. The van der Waals surface area contributed by atoms with Gasteiger partial charge in [-0.15, -0.1) is 0 Å². The Morgan fingerprint density at radius 2 is 2.07 bits per heavy atom. The van der Waals surface area contributed by atoms with Gasteiger partial charge in [0.05, 0.1) is 0 Å². The van der Waals surface area contributed by atoms with Crippen LogP contribution in [0, 0.1) is 11.8 Å². The van der Waals surface area contributed by atoms with Crippen molar-refractivity contribution in [1.82, 2.24) is 0 Å². The molecule has 0 N–H and O–H groups in total. The highest BCUT2D eigenvalue weighted by Crippen LogP contribution is 2.32. The zero-order valence-corrected chi connectivity index (χ0v) is 10.2. The second-order valence-corrected chi connectivity index (χ2v) is 4.88. The molecule has 2 unspecified atom stereocenters. The van der Waals surface area contributed by atoms with Crippen LogP contribution in [-0.4, -0.2) is 5.78 Å². The molecule has 0 heterocycles. The average molecular weight is 208 g/mol. The fourth-order valence-electron chi connectivity index (χ4n) is 2.47. The van der Waals surface area contributed by atoms with Gasteiger partial charge in [-0.3, -0.25) is 4.79 Å². The third kappa shape index (κ3) is 3.81. The fraction of sp³-hybridized carbons (Fsp3) is 0.786. The molecule has 0 radical (unpaired) electrons. The highest BCUT2D eigenvalue weighted by Gasteiger charge is 2.25. The van der Waals surface area contributed by atoms with Gasteiger partial charge in [0, 0.05) is 12.3 Å². The Hall–Kier alpha value is -0.590. The zero-order valence-electron chi connectivity index (χ0n) is 10.2. The van der Waals surface area contributed by atoms with Crippen LogP contribution in [0.1, 0.15) is 58.8 Å². The molecule has 15 heavy (non-hydrogen) atoms. The third-order valence-electron chi connectivity index (χ3n) is 3.74. The molecule has 1 aliphatic carbocycles. The quantitative estimate of drug-likeness (QED) is 0.621. The molecule has 1 heteroatoms. The molecular formula is C14H24O. The number of carbonyl (C=O) groups excluding carboxylic acids is 1. The number of carbonyl (C=O) groups is 1. The fourth-order valence-corrected chi connectivity index (χ4v) is 2.47. The Kier molecular flexibility index (Phi) is 5.07. The van der Waals surface area contributed by atoms with E-state index in [1.807, 2.05) is 0 Å². The Morgan fingerprint density at radius 3 is 2.67 bits per heavy atom. The summed E-state index contributed by atoms with van der Waals surface area (Å²) in [4.78, 5) is 12.0. The van der Waals surface area contributed by atoms with Crippen molar-refractivity contribution in [1.29, 1.82) is 0 Å². The molecule has 0 aromatic rings. The average Bonchev–Trinajstić information content (AvgIpc) is 2.28. The molecule has 0 spiro atoms. The van der Waals surface area contributed by atoms with Crippen molar-refractivity contribution in [3.05, 3.63) is 12.2 Å². The maximum Gasteiger partial charge on any atom is 0.139 e. The van der Waals surface area contributed by atoms with Crippen LogP contribution in [0.5, 0.6) is 0 Å². The number of rotatable bonds is 5. The van der Waals surface area contributed by atoms with Crippen LogP contribution in [0.25, 0.3) is 0 Å². The van der Waals surface area contributed by atoms with Gasteiger partial charge in [-0.05, 0) is 25.2 Å². The monoisotopic (exact) mass is 208 g/mol. The number of hydrogen-bond donors (Lipinski definition) is 0. The molecule has 0 aliphatic heterocycles. The summed E-state index contributed by atoms with van der Waals surface area (Å²) in [7, 11) is 0. The molecule has 0 amide bonds. The maximum absolute atomic E-state index is 12.0. The summed E-state index contributed by atoms with van der Waals surface area (Å²) in [5.41, 5.74) is 1.10. The van der Waals surface area contributed by atoms with Gasteiger partial charge in [0.2, 0.25) is 0 Å². The van der Waals surface area contributed by atoms with Crippen LogP contribution in [0.2, 0.25) is 0 Å². The van der Waals surface area contributed by atoms with Crippen molar-refractivity contribution in [2.24, 2.45) is 11.8 Å². The Balaban J connectivity index is 2.41. The lowest BCUT2D eigenvalue weighted by atomic mass is 9.77. The summed E-state index contributed by atoms with van der Waals surface area (Å²) < 4.78 is 0. The minimum absolute atomic E-state index is 0.340. The van der Waals surface area contributed by atoms with Crippen molar-refractivity contribution in [2.45, 2.75) is 58.8 Å². The summed E-state index contributed by atoms with van der Waals surface area (Å²) >= 11 is 0. The van der Waals surface area contributed by atoms with Gasteiger partial charge < -0.3 is 0 Å². The molecule has 0 bridgehead atoms. The Morgan fingerprint density at radius 1 is 1.33 bits per heavy atom. The van der Waals surface area contributed by atoms with E-state index in [1.54, 1.807) is 0 Å². The molecule has 1 aliphatic rings. The summed E-state index contributed by atoms with van der Waals surface area (Å²) in [6.45, 7) is 8.24. The highest BCUT2D eigenvalue weighted by atomic mass is 16.1. The van der Waals surface area contributed by atoms with E-state index in [9.17, 15) is 4.79 Å². The van der Waals surface area contributed by atoms with Gasteiger partial charge in [0.1, 0.15) is 5.78 Å². The predicted octanol–water partition coefficient (Wildman–Crippen LogP) is 4.13. The highest BCUT2D eigenvalue weighted by molar-refractivity contribution is 5.83. The van der Waals surface area contributed by atoms with E-state index >= 15 is 0 Å². The maximum atomic E-state index is 12.0. The molecule has 0 saturated heterocycles. The van der Waals surface area contributed by atoms with Gasteiger partial charge in [0.15, 0.2) is 0 Å². The largest absolute Gasteiger partial charge is 0.299 e. The summed E-state index contributed by atoms with van der Waals surface area (Å²) in [6.07, 6.45) is 7.62. The normalized spacial score (nSPS) is 26.3. The Labute approximate surface area is 93.9 Å². The van der Waals surface area contributed by atoms with Crippen molar-refractivity contribution in [2.75, 3.05) is 0 Å². The van der Waals surface area contributed by atoms with E-state index in [0.717, 1.165) is 30.8 Å². The van der Waals surface area contributed by atoms with Gasteiger partial charge in [0.25, 0.3) is 0 Å². The van der Waals surface area contributed by atoms with Crippen LogP contribution in [-0.2, 0) is 4.79 Å². The second kappa shape index (κ2) is 6.09. The Bertz CT molecular complexity index is 229. The molecule has 0 aromatic carbocycles. The van der Waals surface area contributed by atoms with E-state index in [-0.39, 0.29) is 0 Å². The molecule has 1 saturated carbocycles. The van der Waals surface area contributed by atoms with Crippen LogP contribution in [0.15, 0.2) is 12.2 Å². The molecular weight excluding hydrogens is 184 g/mol. The third-order valence-corrected chi connectivity index (χ3v) is 3.74. The molecule has 1 nitrogen and oxygen atoms in total. The minimum Gasteiger partial charge on any atom is -0.299 e. The van der Waals surface area contributed by atoms with E-state index in [2.05, 4.69) is 20.4 Å². The topological polar surface area (TPSA) is 17.1 Å². The van der Waals surface area contributed by atoms with Crippen LogP contribution in [0.3, 0.4) is 0 Å². The second-order valence-electron chi connectivity index (χ2n) is 4.88. The minimum atomic E-state index is 0.340. The summed E-state index contributed by atoms with van der Waals surface area (Å²) in [5, 5.41) is 0. The first-order chi connectivity index (χ1) is 7.17. The van der Waals surface area contributed by atoms with Crippen molar-refractivity contribution >= 4 is 5.78 Å². The number of ketones is 1. The molecule has 0 aromatic heterocycles. The van der Waals surface area contributed by atoms with Crippen molar-refractivity contribution < 1.29 is 4.79 Å². The summed E-state index contributed by atoms with van der Waals surface area (Å²) in [6, 6.07) is 0. The standard InChI is InChI=1S/C14H24O/c1-4-11(3)9-14(15)13-8-6-7-12(5-2)10-13/h12-13H,3-10H2,1-2H3. The van der Waals surface area contributed by atoms with Gasteiger partial charge in [-0.1, -0.05) is 45.3 Å². The van der Waals surface area contributed by atoms with Crippen LogP contribution >= 0.6 is 0 Å². The summed E-state index contributed by atoms with van der Waals surface area (Å²) in [5.74, 6) is 1.58. The SMILES string of the molecule is C=C(CC)CC(=O)C1CCCC(CC)C1. The predicted molar refractivity (Wildman–Crippen MR) is 64.8 cm³/mol. The van der Waals surface area contributed by atoms with E-state index in [4.69, 9.17) is 0 Å². The molecule has 1 rings (SSSR count). The van der Waals surface area contributed by atoms with E-state index < -0.39 is 0 Å². The van der Waals surface area contributed by atoms with E-state index in [0.29, 0.717) is 18.1 Å². The number of Topliss-reactive ketones (excluding diaryl/α,β-unsaturated/α-hetero) is 1. The lowest BCUT2D eigenvalue weighted by molar-refractivity contribution is -0.123. The van der Waals surface area contributed by atoms with Crippen molar-refractivity contribution in [3.63, 3.8) is 0 Å². The number of hydrogen-bond acceptors (Lipinski definition) is 1. The first-order valence-electron chi connectivity index (χ1n) is 6.36. The van der Waals surface area contributed by atoms with Crippen LogP contribution in [0.4, 0.5) is 0 Å². The van der Waals surface area contributed by atoms with Crippen molar-refractivity contribution in [3.8, 4) is 0 Å². The molecule has 86 valence electrons. The van der Waals surface area contributed by atoms with Gasteiger partial charge >= 0.3 is 0 Å². The van der Waals surface area contributed by atoms with Crippen LogP contribution < -0.4 is 0 Å². The first kappa shape index (κ1) is 12.5. The molecule has 2 atom stereocenters.